The van der Waals surface area contributed by atoms with Crippen molar-refractivity contribution in [2.45, 2.75) is 33.1 Å². The number of nitrogens with zero attached hydrogens (tertiary/aromatic N) is 1. The van der Waals surface area contributed by atoms with Crippen molar-refractivity contribution in [1.82, 2.24) is 9.97 Å². The Bertz CT molecular complexity index is 974. The highest BCUT2D eigenvalue weighted by molar-refractivity contribution is 5.95. The molecule has 0 aliphatic carbocycles. The molecule has 3 N–H and O–H groups in total. The first-order valence-corrected chi connectivity index (χ1v) is 8.31. The van der Waals surface area contributed by atoms with Gasteiger partial charge in [0.25, 0.3) is 0 Å². The van der Waals surface area contributed by atoms with Gasteiger partial charge in [-0.3, -0.25) is 4.79 Å². The third kappa shape index (κ3) is 3.63. The molecule has 1 aromatic carbocycles. The second-order valence-electron chi connectivity index (χ2n) is 7.44. The number of hydrogen-bond acceptors (Lipinski definition) is 2. The lowest BCUT2D eigenvalue weighted by molar-refractivity contribution is -0.113. The molecule has 1 amide bonds. The second kappa shape index (κ2) is 6.20. The summed E-state index contributed by atoms with van der Waals surface area (Å²) >= 11 is 0. The maximum absolute atomic E-state index is 11.0. The van der Waals surface area contributed by atoms with Gasteiger partial charge in [0.15, 0.2) is 0 Å². The van der Waals surface area contributed by atoms with Crippen molar-refractivity contribution >= 4 is 23.0 Å². The summed E-state index contributed by atoms with van der Waals surface area (Å²) in [6.45, 7) is 8.76. The number of carbonyl (C=O) groups is 1. The summed E-state index contributed by atoms with van der Waals surface area (Å²) in [5.74, 6) is -0.466. The number of amides is 1. The highest BCUT2D eigenvalue weighted by Gasteiger charge is 2.15. The minimum atomic E-state index is -0.466. The van der Waals surface area contributed by atoms with E-state index in [1.165, 1.54) is 17.2 Å². The molecule has 4 nitrogen and oxygen atoms in total. The summed E-state index contributed by atoms with van der Waals surface area (Å²) in [5.41, 5.74) is 11.7. The number of benzene rings is 1. The first kappa shape index (κ1) is 17.0. The van der Waals surface area contributed by atoms with Gasteiger partial charge in [0.2, 0.25) is 5.91 Å². The molecule has 0 spiro atoms. The molecule has 3 rings (SSSR count). The van der Waals surface area contributed by atoms with E-state index in [9.17, 15) is 4.79 Å². The molecular weight excluding hydrogens is 310 g/mol. The monoisotopic (exact) mass is 333 g/mol. The number of aryl methyl sites for hydroxylation is 1. The van der Waals surface area contributed by atoms with Crippen molar-refractivity contribution in [2.75, 3.05) is 0 Å². The van der Waals surface area contributed by atoms with Crippen LogP contribution < -0.4 is 5.73 Å². The minimum absolute atomic E-state index is 0.0851. The minimum Gasteiger partial charge on any atom is -0.366 e. The van der Waals surface area contributed by atoms with Crippen molar-refractivity contribution in [2.24, 2.45) is 5.73 Å². The number of hydrogen-bond donors (Lipinski definition) is 2. The number of primary amides is 1. The molecule has 0 radical (unpaired) electrons. The van der Waals surface area contributed by atoms with Gasteiger partial charge in [0.05, 0.1) is 0 Å². The average Bonchev–Trinajstić information content (AvgIpc) is 2.93. The lowest BCUT2D eigenvalue weighted by Gasteiger charge is -2.21. The third-order valence-electron chi connectivity index (χ3n) is 4.27. The molecule has 0 saturated carbocycles. The van der Waals surface area contributed by atoms with Gasteiger partial charge < -0.3 is 10.7 Å². The van der Waals surface area contributed by atoms with E-state index >= 15 is 0 Å². The highest BCUT2D eigenvalue weighted by Crippen LogP contribution is 2.31. The SMILES string of the molecule is Cc1cc(-c2cnc3[nH]cc(C=CC(N)=O)c3c2)cc(C(C)(C)C)c1. The van der Waals surface area contributed by atoms with Crippen molar-refractivity contribution in [3.8, 4) is 11.1 Å². The first-order chi connectivity index (χ1) is 11.7. The molecule has 0 aliphatic rings. The van der Waals surface area contributed by atoms with Crippen LogP contribution in [0.2, 0.25) is 0 Å². The summed E-state index contributed by atoms with van der Waals surface area (Å²) in [6, 6.07) is 8.72. The standard InChI is InChI=1S/C21H23N3O/c1-13-7-15(9-17(8-13)21(2,3)4)16-10-18-14(5-6-19(22)25)11-23-20(18)24-12-16/h5-12H,1-4H3,(H2,22,25)(H,23,24). The maximum atomic E-state index is 11.0. The normalized spacial score (nSPS) is 12.2. The van der Waals surface area contributed by atoms with E-state index in [0.29, 0.717) is 0 Å². The molecule has 0 aliphatic heterocycles. The summed E-state index contributed by atoms with van der Waals surface area (Å²) < 4.78 is 0. The summed E-state index contributed by atoms with van der Waals surface area (Å²) in [5, 5.41) is 0.966. The van der Waals surface area contributed by atoms with Crippen molar-refractivity contribution in [1.29, 1.82) is 0 Å². The van der Waals surface area contributed by atoms with E-state index < -0.39 is 5.91 Å². The van der Waals surface area contributed by atoms with Crippen LogP contribution in [0, 0.1) is 6.92 Å². The number of nitrogens with two attached hydrogens (primary N) is 1. The molecule has 2 aromatic heterocycles. The van der Waals surface area contributed by atoms with Gasteiger partial charge in [0, 0.05) is 35.0 Å². The second-order valence-corrected chi connectivity index (χ2v) is 7.44. The van der Waals surface area contributed by atoms with Crippen LogP contribution in [0.1, 0.15) is 37.5 Å². The predicted molar refractivity (Wildman–Crippen MR) is 103 cm³/mol. The van der Waals surface area contributed by atoms with Crippen molar-refractivity contribution in [3.63, 3.8) is 0 Å². The number of nitrogens with one attached hydrogen (secondary N) is 1. The molecule has 128 valence electrons. The lowest BCUT2D eigenvalue weighted by Crippen LogP contribution is -2.11. The Morgan fingerprint density at radius 1 is 1.16 bits per heavy atom. The summed E-state index contributed by atoms with van der Waals surface area (Å²) in [7, 11) is 0. The molecule has 3 aromatic rings. The first-order valence-electron chi connectivity index (χ1n) is 8.31. The number of carbonyl (C=O) groups excluding carboxylic acids is 1. The van der Waals surface area contributed by atoms with E-state index in [1.54, 1.807) is 6.08 Å². The van der Waals surface area contributed by atoms with Crippen LogP contribution in [0.15, 0.2) is 42.7 Å². The number of rotatable bonds is 3. The smallest absolute Gasteiger partial charge is 0.241 e. The van der Waals surface area contributed by atoms with Crippen LogP contribution in [0.3, 0.4) is 0 Å². The predicted octanol–water partition coefficient (Wildman–Crippen LogP) is 4.33. The van der Waals surface area contributed by atoms with Gasteiger partial charge >= 0.3 is 0 Å². The van der Waals surface area contributed by atoms with Gasteiger partial charge in [-0.2, -0.15) is 0 Å². The van der Waals surface area contributed by atoms with Gasteiger partial charge in [-0.1, -0.05) is 44.5 Å². The van der Waals surface area contributed by atoms with Gasteiger partial charge in [-0.15, -0.1) is 0 Å². The van der Waals surface area contributed by atoms with E-state index in [0.717, 1.165) is 27.7 Å². The van der Waals surface area contributed by atoms with Crippen LogP contribution in [0.4, 0.5) is 0 Å². The fourth-order valence-corrected chi connectivity index (χ4v) is 2.87. The van der Waals surface area contributed by atoms with Crippen LogP contribution in [-0.2, 0) is 10.2 Å². The Labute approximate surface area is 147 Å². The van der Waals surface area contributed by atoms with Crippen LogP contribution in [0.5, 0.6) is 0 Å². The van der Waals surface area contributed by atoms with Crippen molar-refractivity contribution in [3.05, 3.63) is 59.4 Å². The maximum Gasteiger partial charge on any atom is 0.241 e. The molecule has 0 bridgehead atoms. The number of aromatic amines is 1. The fraction of sp³-hybridized carbons (Fsp3) is 0.238. The zero-order valence-electron chi connectivity index (χ0n) is 15.1. The average molecular weight is 333 g/mol. The van der Waals surface area contributed by atoms with E-state index in [2.05, 4.69) is 61.9 Å². The number of fused-ring (bicyclic) bond motifs is 1. The van der Waals surface area contributed by atoms with Gasteiger partial charge in [-0.25, -0.2) is 4.98 Å². The zero-order chi connectivity index (χ0) is 18.2. The topological polar surface area (TPSA) is 71.8 Å². The van der Waals surface area contributed by atoms with Crippen molar-refractivity contribution < 1.29 is 4.79 Å². The highest BCUT2D eigenvalue weighted by atomic mass is 16.1. The quantitative estimate of drug-likeness (QED) is 0.700. The van der Waals surface area contributed by atoms with Gasteiger partial charge in [0.1, 0.15) is 5.65 Å². The number of H-pyrrole nitrogens is 1. The van der Waals surface area contributed by atoms with Crippen LogP contribution >= 0.6 is 0 Å². The summed E-state index contributed by atoms with van der Waals surface area (Å²) in [6.07, 6.45) is 6.78. The lowest BCUT2D eigenvalue weighted by atomic mass is 9.84. The number of aromatic nitrogens is 2. The Morgan fingerprint density at radius 3 is 2.60 bits per heavy atom. The number of pyridine rings is 1. The van der Waals surface area contributed by atoms with Crippen LogP contribution in [-0.4, -0.2) is 15.9 Å². The third-order valence-corrected chi connectivity index (χ3v) is 4.27. The molecule has 0 atom stereocenters. The Kier molecular flexibility index (Phi) is 4.21. The Morgan fingerprint density at radius 2 is 1.92 bits per heavy atom. The Hall–Kier alpha value is -2.88. The molecule has 0 unspecified atom stereocenters. The summed E-state index contributed by atoms with van der Waals surface area (Å²) in [4.78, 5) is 18.6. The zero-order valence-corrected chi connectivity index (χ0v) is 15.1. The van der Waals surface area contributed by atoms with Gasteiger partial charge in [-0.05, 0) is 35.6 Å². The Balaban J connectivity index is 2.12. The largest absolute Gasteiger partial charge is 0.366 e. The molecule has 4 heteroatoms. The molecule has 0 saturated heterocycles. The fourth-order valence-electron chi connectivity index (χ4n) is 2.87. The molecular formula is C21H23N3O. The van der Waals surface area contributed by atoms with E-state index in [1.807, 2.05) is 12.4 Å². The molecule has 2 heterocycles. The molecule has 0 fully saturated rings. The molecule has 25 heavy (non-hydrogen) atoms. The van der Waals surface area contributed by atoms with E-state index in [-0.39, 0.29) is 5.41 Å². The van der Waals surface area contributed by atoms with Crippen LogP contribution in [0.25, 0.3) is 28.2 Å². The van der Waals surface area contributed by atoms with E-state index in [4.69, 9.17) is 5.73 Å².